The minimum atomic E-state index is -0.913. The number of hydrogen-bond donors (Lipinski definition) is 1. The van der Waals surface area contributed by atoms with Crippen LogP contribution in [0.2, 0.25) is 0 Å². The summed E-state index contributed by atoms with van der Waals surface area (Å²) in [4.78, 5) is 37.8. The summed E-state index contributed by atoms with van der Waals surface area (Å²) in [7, 11) is 0. The Balaban J connectivity index is 1.70. The number of nitrogens with zero attached hydrogens (tertiary/aromatic N) is 1. The van der Waals surface area contributed by atoms with Gasteiger partial charge in [0.2, 0.25) is 5.91 Å². The molecule has 2 N–H and O–H groups in total. The largest absolute Gasteiger partial charge is 0.449 e. The highest BCUT2D eigenvalue weighted by Crippen LogP contribution is 2.27. The number of rotatable bonds is 4. The summed E-state index contributed by atoms with van der Waals surface area (Å²) >= 11 is 0. The summed E-state index contributed by atoms with van der Waals surface area (Å²) in [6.07, 6.45) is 0.891. The van der Waals surface area contributed by atoms with Crippen LogP contribution in [0.3, 0.4) is 0 Å². The molecule has 6 nitrogen and oxygen atoms in total. The number of ether oxygens (including phenoxy) is 1. The molecule has 2 aromatic rings. The van der Waals surface area contributed by atoms with Crippen molar-refractivity contribution in [2.24, 2.45) is 5.73 Å². The Morgan fingerprint density at radius 1 is 1.04 bits per heavy atom. The summed E-state index contributed by atoms with van der Waals surface area (Å²) in [5.41, 5.74) is 7.73. The highest BCUT2D eigenvalue weighted by atomic mass is 16.5. The van der Waals surface area contributed by atoms with Crippen molar-refractivity contribution in [3.63, 3.8) is 0 Å². The van der Waals surface area contributed by atoms with Crippen molar-refractivity contribution in [3.8, 4) is 0 Å². The van der Waals surface area contributed by atoms with E-state index in [9.17, 15) is 14.4 Å². The lowest BCUT2D eigenvalue weighted by Gasteiger charge is -2.31. The molecule has 0 aliphatic carbocycles. The maximum atomic E-state index is 12.8. The molecule has 3 rings (SSSR count). The fourth-order valence-electron chi connectivity index (χ4n) is 3.03. The molecule has 0 saturated heterocycles. The van der Waals surface area contributed by atoms with E-state index >= 15 is 0 Å². The summed E-state index contributed by atoms with van der Waals surface area (Å²) in [5.74, 6) is -1.44. The monoisotopic (exact) mass is 352 g/mol. The van der Waals surface area contributed by atoms with Gasteiger partial charge in [0, 0.05) is 17.8 Å². The van der Waals surface area contributed by atoms with Crippen LogP contribution in [0.1, 0.15) is 39.6 Å². The van der Waals surface area contributed by atoms with Crippen molar-refractivity contribution in [1.29, 1.82) is 0 Å². The molecule has 26 heavy (non-hydrogen) atoms. The first-order chi connectivity index (χ1) is 12.5. The van der Waals surface area contributed by atoms with Gasteiger partial charge in [0.15, 0.2) is 6.10 Å². The number of primary amides is 1. The van der Waals surface area contributed by atoms with Crippen LogP contribution in [0.15, 0.2) is 48.5 Å². The predicted octanol–water partition coefficient (Wildman–Crippen LogP) is 2.31. The number of carbonyl (C=O) groups is 3. The smallest absolute Gasteiger partial charge is 0.338 e. The van der Waals surface area contributed by atoms with Crippen molar-refractivity contribution in [3.05, 3.63) is 65.2 Å². The van der Waals surface area contributed by atoms with Crippen LogP contribution in [0.25, 0.3) is 0 Å². The van der Waals surface area contributed by atoms with Crippen LogP contribution in [-0.2, 0) is 16.0 Å². The van der Waals surface area contributed by atoms with Crippen LogP contribution in [0.5, 0.6) is 0 Å². The molecule has 1 atom stereocenters. The molecule has 1 aliphatic heterocycles. The Hall–Kier alpha value is -3.15. The van der Waals surface area contributed by atoms with Crippen molar-refractivity contribution in [1.82, 2.24) is 0 Å². The second-order valence-corrected chi connectivity index (χ2v) is 6.21. The third-order valence-electron chi connectivity index (χ3n) is 4.41. The Labute approximate surface area is 151 Å². The summed E-state index contributed by atoms with van der Waals surface area (Å²) < 4.78 is 5.32. The lowest BCUT2D eigenvalue weighted by molar-refractivity contribution is -0.126. The van der Waals surface area contributed by atoms with E-state index in [1.165, 1.54) is 24.3 Å². The molecule has 0 fully saturated rings. The molecular weight excluding hydrogens is 332 g/mol. The van der Waals surface area contributed by atoms with Crippen molar-refractivity contribution in [2.45, 2.75) is 25.9 Å². The van der Waals surface area contributed by atoms with E-state index in [0.29, 0.717) is 12.1 Å². The van der Waals surface area contributed by atoms with Crippen molar-refractivity contribution < 1.29 is 19.1 Å². The molecule has 0 spiro atoms. The average Bonchev–Trinajstić information content (AvgIpc) is 2.66. The lowest BCUT2D eigenvalue weighted by Crippen LogP contribution is -2.42. The maximum absolute atomic E-state index is 12.8. The first kappa shape index (κ1) is 17.7. The zero-order valence-corrected chi connectivity index (χ0v) is 14.5. The number of anilines is 1. The molecule has 0 unspecified atom stereocenters. The van der Waals surface area contributed by atoms with Gasteiger partial charge in [0.1, 0.15) is 0 Å². The zero-order valence-electron chi connectivity index (χ0n) is 14.5. The molecule has 1 aliphatic rings. The lowest BCUT2D eigenvalue weighted by atomic mass is 10.0. The standard InChI is InChI=1S/C20H20N2O4/c1-13(26-20(25)16-10-8-15(9-11-16)18(21)23)19(24)22-12-4-6-14-5-2-3-7-17(14)22/h2-3,5,7-11,13H,4,6,12H2,1H3,(H2,21,23)/t13-/m0/s1. The second kappa shape index (κ2) is 7.39. The van der Waals surface area contributed by atoms with Gasteiger partial charge in [-0.2, -0.15) is 0 Å². The van der Waals surface area contributed by atoms with E-state index in [1.807, 2.05) is 24.3 Å². The summed E-state index contributed by atoms with van der Waals surface area (Å²) in [5, 5.41) is 0. The molecule has 0 saturated carbocycles. The minimum absolute atomic E-state index is 0.251. The topological polar surface area (TPSA) is 89.7 Å². The molecule has 6 heteroatoms. The third-order valence-corrected chi connectivity index (χ3v) is 4.41. The molecule has 0 bridgehead atoms. The molecule has 2 amide bonds. The number of carbonyl (C=O) groups excluding carboxylic acids is 3. The van der Waals surface area contributed by atoms with Crippen LogP contribution in [0, 0.1) is 0 Å². The van der Waals surface area contributed by atoms with E-state index in [2.05, 4.69) is 0 Å². The Morgan fingerprint density at radius 2 is 1.69 bits per heavy atom. The van der Waals surface area contributed by atoms with E-state index in [0.717, 1.165) is 24.1 Å². The Bertz CT molecular complexity index is 845. The second-order valence-electron chi connectivity index (χ2n) is 6.21. The minimum Gasteiger partial charge on any atom is -0.449 e. The van der Waals surface area contributed by atoms with E-state index in [1.54, 1.807) is 11.8 Å². The van der Waals surface area contributed by atoms with E-state index in [4.69, 9.17) is 10.5 Å². The normalized spacial score (nSPS) is 14.3. The predicted molar refractivity (Wildman–Crippen MR) is 97.0 cm³/mol. The quantitative estimate of drug-likeness (QED) is 0.855. The first-order valence-corrected chi connectivity index (χ1v) is 8.47. The van der Waals surface area contributed by atoms with Gasteiger partial charge in [0.25, 0.3) is 5.91 Å². The van der Waals surface area contributed by atoms with Crippen LogP contribution >= 0.6 is 0 Å². The van der Waals surface area contributed by atoms with E-state index < -0.39 is 18.0 Å². The first-order valence-electron chi connectivity index (χ1n) is 8.47. The Morgan fingerprint density at radius 3 is 2.38 bits per heavy atom. The fraction of sp³-hybridized carbons (Fsp3) is 0.250. The van der Waals surface area contributed by atoms with Gasteiger partial charge in [-0.05, 0) is 55.7 Å². The molecule has 0 radical (unpaired) electrons. The van der Waals surface area contributed by atoms with Gasteiger partial charge in [-0.3, -0.25) is 9.59 Å². The van der Waals surface area contributed by atoms with Crippen LogP contribution < -0.4 is 10.6 Å². The van der Waals surface area contributed by atoms with Gasteiger partial charge in [-0.15, -0.1) is 0 Å². The molecular formula is C20H20N2O4. The Kier molecular flexibility index (Phi) is 5.02. The average molecular weight is 352 g/mol. The summed E-state index contributed by atoms with van der Waals surface area (Å²) in [6.45, 7) is 2.17. The zero-order chi connectivity index (χ0) is 18.7. The van der Waals surface area contributed by atoms with Gasteiger partial charge in [-0.1, -0.05) is 18.2 Å². The highest BCUT2D eigenvalue weighted by Gasteiger charge is 2.28. The number of hydrogen-bond acceptors (Lipinski definition) is 4. The van der Waals surface area contributed by atoms with Crippen molar-refractivity contribution in [2.75, 3.05) is 11.4 Å². The highest BCUT2D eigenvalue weighted by molar-refractivity contribution is 6.00. The van der Waals surface area contributed by atoms with Gasteiger partial charge in [0.05, 0.1) is 5.56 Å². The molecule has 1 heterocycles. The number of benzene rings is 2. The molecule has 0 aromatic heterocycles. The number of para-hydroxylation sites is 1. The van der Waals surface area contributed by atoms with Gasteiger partial charge < -0.3 is 15.4 Å². The molecule has 2 aromatic carbocycles. The van der Waals surface area contributed by atoms with E-state index in [-0.39, 0.29) is 11.5 Å². The number of amides is 2. The number of esters is 1. The number of nitrogens with two attached hydrogens (primary N) is 1. The molecule has 134 valence electrons. The fourth-order valence-corrected chi connectivity index (χ4v) is 3.03. The maximum Gasteiger partial charge on any atom is 0.338 e. The van der Waals surface area contributed by atoms with Crippen LogP contribution in [-0.4, -0.2) is 30.4 Å². The SMILES string of the molecule is C[C@H](OC(=O)c1ccc(C(N)=O)cc1)C(=O)N1CCCc2ccccc21. The van der Waals surface area contributed by atoms with Crippen LogP contribution in [0.4, 0.5) is 5.69 Å². The number of aryl methyl sites for hydroxylation is 1. The van der Waals surface area contributed by atoms with Crippen molar-refractivity contribution >= 4 is 23.5 Å². The number of fused-ring (bicyclic) bond motifs is 1. The summed E-state index contributed by atoms with van der Waals surface area (Å²) in [6, 6.07) is 13.6. The van der Waals surface area contributed by atoms with Gasteiger partial charge >= 0.3 is 5.97 Å². The van der Waals surface area contributed by atoms with Gasteiger partial charge in [-0.25, -0.2) is 4.79 Å². The third kappa shape index (κ3) is 3.59.